The van der Waals surface area contributed by atoms with Crippen LogP contribution >= 0.6 is 0 Å². The molecule has 2 rings (SSSR count). The molecule has 0 radical (unpaired) electrons. The second kappa shape index (κ2) is 5.75. The molecule has 0 aliphatic carbocycles. The van der Waals surface area contributed by atoms with Crippen LogP contribution in [-0.2, 0) is 0 Å². The predicted octanol–water partition coefficient (Wildman–Crippen LogP) is 2.45. The molecule has 1 aromatic carbocycles. The first-order chi connectivity index (χ1) is 9.40. The summed E-state index contributed by atoms with van der Waals surface area (Å²) >= 11 is 0. The maximum absolute atomic E-state index is 13.4. The summed E-state index contributed by atoms with van der Waals surface area (Å²) < 4.78 is 26.7. The number of hydrogen-bond donors (Lipinski definition) is 2. The molecule has 2 atom stereocenters. The number of halogens is 2. The summed E-state index contributed by atoms with van der Waals surface area (Å²) in [5, 5.41) is 1.85. The topological polar surface area (TPSA) is 58.4 Å². The third-order valence-electron chi connectivity index (χ3n) is 3.77. The Balaban J connectivity index is 2.15. The van der Waals surface area contributed by atoms with Crippen molar-refractivity contribution in [2.45, 2.75) is 45.2 Å². The summed E-state index contributed by atoms with van der Waals surface area (Å²) in [6.07, 6.45) is 3.07. The quantitative estimate of drug-likeness (QED) is 0.820. The van der Waals surface area contributed by atoms with E-state index in [9.17, 15) is 13.6 Å². The Morgan fingerprint density at radius 1 is 1.25 bits per heavy atom. The molecule has 1 fully saturated rings. The first-order valence-corrected chi connectivity index (χ1v) is 6.74. The molecule has 2 unspecified atom stereocenters. The number of nitrogens with one attached hydrogen (secondary N) is 1. The largest absolute Gasteiger partial charge is 0.394 e. The molecule has 20 heavy (non-hydrogen) atoms. The first kappa shape index (κ1) is 14.7. The summed E-state index contributed by atoms with van der Waals surface area (Å²) in [5.74, 6) is -2.37. The van der Waals surface area contributed by atoms with Gasteiger partial charge in [-0.15, -0.1) is 0 Å². The second-order valence-electron chi connectivity index (χ2n) is 5.33. The van der Waals surface area contributed by atoms with E-state index < -0.39 is 23.2 Å². The molecule has 1 amide bonds. The van der Waals surface area contributed by atoms with Crippen molar-refractivity contribution in [3.8, 4) is 0 Å². The molecule has 1 heterocycles. The minimum Gasteiger partial charge on any atom is -0.394 e. The Morgan fingerprint density at radius 2 is 1.75 bits per heavy atom. The monoisotopic (exact) mass is 283 g/mol. The van der Waals surface area contributed by atoms with Crippen molar-refractivity contribution in [2.75, 3.05) is 5.73 Å². The standard InChI is InChI=1S/C14H19F2N3O/c1-8-4-3-5-9(2)19(8)18-14(20)10-6-11(15)13(17)12(16)7-10/h6-9H,3-5,17H2,1-2H3,(H,18,20). The third kappa shape index (κ3) is 2.90. The van der Waals surface area contributed by atoms with Gasteiger partial charge in [0.2, 0.25) is 0 Å². The molecule has 3 N–H and O–H groups in total. The average molecular weight is 283 g/mol. The Bertz CT molecular complexity index is 488. The lowest BCUT2D eigenvalue weighted by Crippen LogP contribution is -2.54. The Kier molecular flexibility index (Phi) is 4.23. The molecule has 1 aromatic rings. The van der Waals surface area contributed by atoms with Crippen molar-refractivity contribution in [3.63, 3.8) is 0 Å². The molecule has 1 aliphatic heterocycles. The third-order valence-corrected chi connectivity index (χ3v) is 3.77. The van der Waals surface area contributed by atoms with E-state index in [1.807, 2.05) is 18.9 Å². The second-order valence-corrected chi connectivity index (χ2v) is 5.33. The van der Waals surface area contributed by atoms with Gasteiger partial charge in [0.1, 0.15) is 17.3 Å². The van der Waals surface area contributed by atoms with Crippen molar-refractivity contribution in [2.24, 2.45) is 0 Å². The highest BCUT2D eigenvalue weighted by Gasteiger charge is 2.26. The lowest BCUT2D eigenvalue weighted by Gasteiger charge is -2.38. The van der Waals surface area contributed by atoms with Crippen molar-refractivity contribution in [1.29, 1.82) is 0 Å². The number of carbonyl (C=O) groups is 1. The van der Waals surface area contributed by atoms with Gasteiger partial charge in [-0.25, -0.2) is 13.8 Å². The number of nitrogen functional groups attached to an aromatic ring is 1. The zero-order valence-electron chi connectivity index (χ0n) is 11.6. The van der Waals surface area contributed by atoms with E-state index >= 15 is 0 Å². The van der Waals surface area contributed by atoms with E-state index in [4.69, 9.17) is 5.73 Å². The van der Waals surface area contributed by atoms with E-state index in [-0.39, 0.29) is 17.6 Å². The average Bonchev–Trinajstić information content (AvgIpc) is 2.39. The normalized spacial score (nSPS) is 23.6. The van der Waals surface area contributed by atoms with E-state index in [0.717, 1.165) is 31.4 Å². The molecule has 110 valence electrons. The van der Waals surface area contributed by atoms with Crippen LogP contribution in [0.25, 0.3) is 0 Å². The number of piperidine rings is 1. The molecule has 6 heteroatoms. The zero-order chi connectivity index (χ0) is 14.9. The SMILES string of the molecule is CC1CCCC(C)N1NC(=O)c1cc(F)c(N)c(F)c1. The van der Waals surface area contributed by atoms with Gasteiger partial charge >= 0.3 is 0 Å². The van der Waals surface area contributed by atoms with E-state index in [2.05, 4.69) is 5.43 Å². The van der Waals surface area contributed by atoms with Crippen molar-refractivity contribution >= 4 is 11.6 Å². The van der Waals surface area contributed by atoms with Crippen LogP contribution < -0.4 is 11.2 Å². The summed E-state index contributed by atoms with van der Waals surface area (Å²) in [6, 6.07) is 2.30. The van der Waals surface area contributed by atoms with Crippen molar-refractivity contribution < 1.29 is 13.6 Å². The first-order valence-electron chi connectivity index (χ1n) is 6.74. The Morgan fingerprint density at radius 3 is 2.25 bits per heavy atom. The highest BCUT2D eigenvalue weighted by atomic mass is 19.1. The summed E-state index contributed by atoms with van der Waals surface area (Å²) in [5.41, 5.74) is 7.28. The molecule has 0 bridgehead atoms. The van der Waals surface area contributed by atoms with Crippen molar-refractivity contribution in [3.05, 3.63) is 29.3 Å². The molecular formula is C14H19F2N3O. The van der Waals surface area contributed by atoms with Gasteiger partial charge in [0.05, 0.1) is 0 Å². The Hall–Kier alpha value is -1.69. The molecule has 0 aromatic heterocycles. The fourth-order valence-corrected chi connectivity index (χ4v) is 2.54. The van der Waals surface area contributed by atoms with Gasteiger partial charge in [0.25, 0.3) is 5.91 Å². The molecule has 0 spiro atoms. The molecule has 1 aliphatic rings. The van der Waals surface area contributed by atoms with Gasteiger partial charge in [0, 0.05) is 17.6 Å². The minimum atomic E-state index is -0.921. The maximum Gasteiger partial charge on any atom is 0.265 e. The number of carbonyl (C=O) groups excluding carboxylic acids is 1. The smallest absolute Gasteiger partial charge is 0.265 e. The van der Waals surface area contributed by atoms with Crippen LogP contribution in [-0.4, -0.2) is 23.0 Å². The van der Waals surface area contributed by atoms with Gasteiger partial charge in [0.15, 0.2) is 0 Å². The predicted molar refractivity (Wildman–Crippen MR) is 72.9 cm³/mol. The van der Waals surface area contributed by atoms with E-state index in [1.165, 1.54) is 0 Å². The molecule has 1 saturated heterocycles. The van der Waals surface area contributed by atoms with Crippen LogP contribution in [0.15, 0.2) is 12.1 Å². The van der Waals surface area contributed by atoms with E-state index in [1.54, 1.807) is 0 Å². The van der Waals surface area contributed by atoms with Crippen LogP contribution in [0.1, 0.15) is 43.5 Å². The number of benzene rings is 1. The van der Waals surface area contributed by atoms with Gasteiger partial charge in [-0.2, -0.15) is 0 Å². The van der Waals surface area contributed by atoms with E-state index in [0.29, 0.717) is 0 Å². The molecule has 4 nitrogen and oxygen atoms in total. The number of hydrogen-bond acceptors (Lipinski definition) is 3. The van der Waals surface area contributed by atoms with Gasteiger partial charge in [-0.3, -0.25) is 10.2 Å². The Labute approximate surface area is 116 Å². The van der Waals surface area contributed by atoms with Gasteiger partial charge in [-0.05, 0) is 38.8 Å². The number of amides is 1. The fourth-order valence-electron chi connectivity index (χ4n) is 2.54. The fraction of sp³-hybridized carbons (Fsp3) is 0.500. The van der Waals surface area contributed by atoms with Crippen LogP contribution in [0.5, 0.6) is 0 Å². The zero-order valence-corrected chi connectivity index (χ0v) is 11.6. The van der Waals surface area contributed by atoms with Crippen LogP contribution in [0.4, 0.5) is 14.5 Å². The number of anilines is 1. The van der Waals surface area contributed by atoms with Gasteiger partial charge < -0.3 is 5.73 Å². The molecule has 0 saturated carbocycles. The highest BCUT2D eigenvalue weighted by molar-refractivity contribution is 5.94. The number of nitrogens with zero attached hydrogens (tertiary/aromatic N) is 1. The lowest BCUT2D eigenvalue weighted by atomic mass is 10.00. The highest BCUT2D eigenvalue weighted by Crippen LogP contribution is 2.21. The maximum atomic E-state index is 13.4. The van der Waals surface area contributed by atoms with Crippen LogP contribution in [0, 0.1) is 11.6 Å². The minimum absolute atomic E-state index is 0.0702. The summed E-state index contributed by atoms with van der Waals surface area (Å²) in [4.78, 5) is 12.1. The van der Waals surface area contributed by atoms with Gasteiger partial charge in [-0.1, -0.05) is 6.42 Å². The van der Waals surface area contributed by atoms with Crippen molar-refractivity contribution in [1.82, 2.24) is 10.4 Å². The van der Waals surface area contributed by atoms with Crippen LogP contribution in [0.3, 0.4) is 0 Å². The van der Waals surface area contributed by atoms with Crippen LogP contribution in [0.2, 0.25) is 0 Å². The lowest BCUT2D eigenvalue weighted by molar-refractivity contribution is 0.0369. The summed E-state index contributed by atoms with van der Waals surface area (Å²) in [7, 11) is 0. The number of nitrogens with two attached hydrogens (primary N) is 1. The number of rotatable bonds is 2. The number of hydrazine groups is 1. The summed E-state index contributed by atoms with van der Waals surface area (Å²) in [6.45, 7) is 4.03. The molecular weight excluding hydrogens is 264 g/mol.